The first kappa shape index (κ1) is 24.2. The van der Waals surface area contributed by atoms with Crippen molar-refractivity contribution in [1.82, 2.24) is 10.2 Å². The average molecular weight is 453 g/mol. The average Bonchev–Trinajstić information content (AvgIpc) is 2.71. The molecule has 0 bridgehead atoms. The molecule has 0 radical (unpaired) electrons. The van der Waals surface area contributed by atoms with Gasteiger partial charge in [0.05, 0.1) is 6.42 Å². The second-order valence-corrected chi connectivity index (χ2v) is 7.91. The molecular formula is C23H27Cl2FN2O2. The highest BCUT2D eigenvalue weighted by molar-refractivity contribution is 6.36. The Labute approximate surface area is 187 Å². The van der Waals surface area contributed by atoms with Crippen LogP contribution in [-0.2, 0) is 22.6 Å². The van der Waals surface area contributed by atoms with Crippen LogP contribution in [0.15, 0.2) is 42.5 Å². The van der Waals surface area contributed by atoms with Gasteiger partial charge in [0.2, 0.25) is 11.8 Å². The lowest BCUT2D eigenvalue weighted by Gasteiger charge is -2.31. The summed E-state index contributed by atoms with van der Waals surface area (Å²) in [6, 6.07) is 10.2. The molecule has 2 rings (SSSR count). The second kappa shape index (κ2) is 11.9. The topological polar surface area (TPSA) is 49.4 Å². The zero-order valence-electron chi connectivity index (χ0n) is 17.3. The van der Waals surface area contributed by atoms with Crippen LogP contribution in [0.3, 0.4) is 0 Å². The van der Waals surface area contributed by atoms with Gasteiger partial charge in [0.1, 0.15) is 11.9 Å². The molecule has 30 heavy (non-hydrogen) atoms. The van der Waals surface area contributed by atoms with Crippen LogP contribution in [0.4, 0.5) is 4.39 Å². The normalized spacial score (nSPS) is 11.8. The second-order valence-electron chi connectivity index (χ2n) is 7.09. The van der Waals surface area contributed by atoms with Gasteiger partial charge < -0.3 is 10.2 Å². The third kappa shape index (κ3) is 6.71. The van der Waals surface area contributed by atoms with Gasteiger partial charge in [-0.1, -0.05) is 61.7 Å². The van der Waals surface area contributed by atoms with Crippen molar-refractivity contribution < 1.29 is 14.0 Å². The molecule has 2 aromatic rings. The van der Waals surface area contributed by atoms with Crippen LogP contribution in [0.5, 0.6) is 0 Å². The Kier molecular flexibility index (Phi) is 9.60. The van der Waals surface area contributed by atoms with E-state index in [2.05, 4.69) is 5.32 Å². The minimum atomic E-state index is -0.665. The number of nitrogens with one attached hydrogen (secondary N) is 1. The maximum absolute atomic E-state index is 13.2. The molecule has 2 amide bonds. The van der Waals surface area contributed by atoms with E-state index in [4.69, 9.17) is 23.2 Å². The van der Waals surface area contributed by atoms with Crippen molar-refractivity contribution >= 4 is 35.0 Å². The monoisotopic (exact) mass is 452 g/mol. The van der Waals surface area contributed by atoms with Crippen LogP contribution in [-0.4, -0.2) is 29.3 Å². The van der Waals surface area contributed by atoms with Gasteiger partial charge in [0, 0.05) is 28.7 Å². The molecule has 0 aliphatic heterocycles. The van der Waals surface area contributed by atoms with E-state index in [9.17, 15) is 14.0 Å². The Morgan fingerprint density at radius 2 is 1.70 bits per heavy atom. The van der Waals surface area contributed by atoms with Gasteiger partial charge in [-0.25, -0.2) is 4.39 Å². The number of unbranched alkanes of at least 4 members (excludes halogenated alkanes) is 1. The van der Waals surface area contributed by atoms with Crippen LogP contribution in [0.1, 0.15) is 44.2 Å². The summed E-state index contributed by atoms with van der Waals surface area (Å²) in [7, 11) is 0. The summed E-state index contributed by atoms with van der Waals surface area (Å²) in [5.41, 5.74) is 1.26. The minimum Gasteiger partial charge on any atom is -0.354 e. The molecule has 7 heteroatoms. The van der Waals surface area contributed by atoms with Gasteiger partial charge in [-0.15, -0.1) is 0 Å². The van der Waals surface area contributed by atoms with E-state index in [1.165, 1.54) is 17.0 Å². The first-order chi connectivity index (χ1) is 14.4. The molecule has 4 nitrogen and oxygen atoms in total. The van der Waals surface area contributed by atoms with Gasteiger partial charge in [0.15, 0.2) is 0 Å². The maximum Gasteiger partial charge on any atom is 0.242 e. The fraction of sp³-hybridized carbons (Fsp3) is 0.391. The van der Waals surface area contributed by atoms with Gasteiger partial charge >= 0.3 is 0 Å². The molecule has 0 aliphatic rings. The fourth-order valence-corrected chi connectivity index (χ4v) is 3.67. The molecule has 1 N–H and O–H groups in total. The summed E-state index contributed by atoms with van der Waals surface area (Å²) in [6.07, 6.45) is 2.30. The molecule has 0 saturated carbocycles. The zero-order chi connectivity index (χ0) is 22.1. The number of nitrogens with zero attached hydrogens (tertiary/aromatic N) is 1. The highest BCUT2D eigenvalue weighted by atomic mass is 35.5. The van der Waals surface area contributed by atoms with E-state index in [1.54, 1.807) is 30.3 Å². The fourth-order valence-electron chi connectivity index (χ4n) is 3.16. The van der Waals surface area contributed by atoms with Crippen LogP contribution in [0, 0.1) is 5.82 Å². The first-order valence-corrected chi connectivity index (χ1v) is 10.9. The molecule has 162 valence electrons. The largest absolute Gasteiger partial charge is 0.354 e. The first-order valence-electron chi connectivity index (χ1n) is 10.1. The molecule has 0 aromatic heterocycles. The molecule has 0 heterocycles. The smallest absolute Gasteiger partial charge is 0.242 e. The highest BCUT2D eigenvalue weighted by Gasteiger charge is 2.29. The predicted molar refractivity (Wildman–Crippen MR) is 119 cm³/mol. The number of amides is 2. The molecule has 1 atom stereocenters. The Hall–Kier alpha value is -2.11. The molecule has 0 fully saturated rings. The van der Waals surface area contributed by atoms with E-state index in [-0.39, 0.29) is 30.6 Å². The summed E-state index contributed by atoms with van der Waals surface area (Å²) in [5, 5.41) is 3.78. The number of hydrogen-bond acceptors (Lipinski definition) is 2. The Balaban J connectivity index is 2.30. The Morgan fingerprint density at radius 1 is 1.07 bits per heavy atom. The van der Waals surface area contributed by atoms with Crippen LogP contribution in [0.2, 0.25) is 10.0 Å². The summed E-state index contributed by atoms with van der Waals surface area (Å²) < 4.78 is 13.2. The van der Waals surface area contributed by atoms with E-state index in [0.29, 0.717) is 34.1 Å². The molecule has 0 spiro atoms. The van der Waals surface area contributed by atoms with E-state index in [0.717, 1.165) is 12.8 Å². The van der Waals surface area contributed by atoms with Crippen molar-refractivity contribution in [3.63, 3.8) is 0 Å². The Morgan fingerprint density at radius 3 is 2.27 bits per heavy atom. The van der Waals surface area contributed by atoms with Crippen LogP contribution < -0.4 is 5.32 Å². The number of carbonyl (C=O) groups is 2. The van der Waals surface area contributed by atoms with Crippen molar-refractivity contribution in [1.29, 1.82) is 0 Å². The van der Waals surface area contributed by atoms with Crippen molar-refractivity contribution in [2.45, 2.75) is 52.1 Å². The van der Waals surface area contributed by atoms with Crippen molar-refractivity contribution in [2.75, 3.05) is 6.54 Å². The molecule has 0 saturated heterocycles. The zero-order valence-corrected chi connectivity index (χ0v) is 18.8. The van der Waals surface area contributed by atoms with Crippen molar-refractivity contribution in [2.24, 2.45) is 0 Å². The number of rotatable bonds is 10. The lowest BCUT2D eigenvalue weighted by Crippen LogP contribution is -2.49. The summed E-state index contributed by atoms with van der Waals surface area (Å²) in [4.78, 5) is 27.6. The molecule has 2 aromatic carbocycles. The van der Waals surface area contributed by atoms with Gasteiger partial charge in [-0.2, -0.15) is 0 Å². The lowest BCUT2D eigenvalue weighted by molar-refractivity contribution is -0.140. The number of halogens is 3. The van der Waals surface area contributed by atoms with Crippen LogP contribution >= 0.6 is 23.2 Å². The SMILES string of the molecule is CCCCNC(=O)[C@H](CC)N(Cc1c(Cl)cccc1Cl)C(=O)Cc1ccc(F)cc1. The Bertz CT molecular complexity index is 839. The van der Waals surface area contributed by atoms with Gasteiger partial charge in [0.25, 0.3) is 0 Å². The number of carbonyl (C=O) groups excluding carboxylic acids is 2. The van der Waals surface area contributed by atoms with Crippen molar-refractivity contribution in [3.8, 4) is 0 Å². The predicted octanol–water partition coefficient (Wildman–Crippen LogP) is 5.40. The van der Waals surface area contributed by atoms with Gasteiger partial charge in [-0.3, -0.25) is 9.59 Å². The quantitative estimate of drug-likeness (QED) is 0.490. The molecular weight excluding hydrogens is 426 g/mol. The van der Waals surface area contributed by atoms with E-state index in [1.807, 2.05) is 13.8 Å². The van der Waals surface area contributed by atoms with E-state index < -0.39 is 6.04 Å². The minimum absolute atomic E-state index is 0.0427. The summed E-state index contributed by atoms with van der Waals surface area (Å²) in [6.45, 7) is 4.56. The lowest BCUT2D eigenvalue weighted by atomic mass is 10.1. The molecule has 0 aliphatic carbocycles. The third-order valence-electron chi connectivity index (χ3n) is 4.87. The van der Waals surface area contributed by atoms with E-state index >= 15 is 0 Å². The number of benzene rings is 2. The van der Waals surface area contributed by atoms with Gasteiger partial charge in [-0.05, 0) is 42.7 Å². The molecule has 0 unspecified atom stereocenters. The third-order valence-corrected chi connectivity index (χ3v) is 5.58. The summed E-state index contributed by atoms with van der Waals surface area (Å²) in [5.74, 6) is -0.829. The standard InChI is InChI=1S/C23H27Cl2FN2O2/c1-3-5-13-27-23(30)21(4-2)28(15-18-19(24)7-6-8-20(18)25)22(29)14-16-9-11-17(26)12-10-16/h6-12,21H,3-5,13-15H2,1-2H3,(H,27,30)/t21-/m0/s1. The van der Waals surface area contributed by atoms with Crippen LogP contribution in [0.25, 0.3) is 0 Å². The summed E-state index contributed by atoms with van der Waals surface area (Å²) >= 11 is 12.6. The highest BCUT2D eigenvalue weighted by Crippen LogP contribution is 2.27. The maximum atomic E-state index is 13.2. The number of hydrogen-bond donors (Lipinski definition) is 1. The van der Waals surface area contributed by atoms with Crippen molar-refractivity contribution in [3.05, 3.63) is 69.5 Å².